The Bertz CT molecular complexity index is 517. The van der Waals surface area contributed by atoms with Gasteiger partial charge in [-0.05, 0) is 22.8 Å². The monoisotopic (exact) mass is 241 g/mol. The van der Waals surface area contributed by atoms with E-state index >= 15 is 0 Å². The van der Waals surface area contributed by atoms with Crippen LogP contribution >= 0.6 is 0 Å². The van der Waals surface area contributed by atoms with Crippen LogP contribution in [-0.2, 0) is 11.2 Å². The summed E-state index contributed by atoms with van der Waals surface area (Å²) in [6.07, 6.45) is 1.13. The molecule has 0 bridgehead atoms. The summed E-state index contributed by atoms with van der Waals surface area (Å²) in [5, 5.41) is 2.67. The zero-order valence-electron chi connectivity index (χ0n) is 10.6. The van der Waals surface area contributed by atoms with Gasteiger partial charge in [-0.25, -0.2) is 0 Å². The number of fused-ring (bicyclic) bond motifs is 1. The highest BCUT2D eigenvalue weighted by Gasteiger charge is 2.09. The number of benzene rings is 2. The Labute approximate surface area is 108 Å². The SMILES string of the molecule is c1ccc2cc(CCN3CCOCC3)ccc2c1. The number of rotatable bonds is 3. The van der Waals surface area contributed by atoms with Crippen LogP contribution in [0.1, 0.15) is 5.56 Å². The molecule has 1 fully saturated rings. The van der Waals surface area contributed by atoms with Crippen molar-refractivity contribution in [1.29, 1.82) is 0 Å². The largest absolute Gasteiger partial charge is 0.379 e. The Hall–Kier alpha value is -1.38. The molecule has 0 atom stereocenters. The molecule has 0 radical (unpaired) electrons. The molecule has 1 heterocycles. The van der Waals surface area contributed by atoms with Gasteiger partial charge in [0.1, 0.15) is 0 Å². The van der Waals surface area contributed by atoms with Crippen molar-refractivity contribution in [3.8, 4) is 0 Å². The summed E-state index contributed by atoms with van der Waals surface area (Å²) in [5.41, 5.74) is 1.43. The molecule has 3 rings (SSSR count). The Morgan fingerprint density at radius 2 is 1.72 bits per heavy atom. The molecule has 2 heteroatoms. The van der Waals surface area contributed by atoms with Crippen molar-refractivity contribution in [3.63, 3.8) is 0 Å². The maximum absolute atomic E-state index is 5.37. The summed E-state index contributed by atoms with van der Waals surface area (Å²) >= 11 is 0. The normalized spacial score (nSPS) is 17.1. The van der Waals surface area contributed by atoms with Crippen LogP contribution in [0, 0.1) is 0 Å². The van der Waals surface area contributed by atoms with Crippen LogP contribution in [0.3, 0.4) is 0 Å². The maximum atomic E-state index is 5.37. The minimum atomic E-state index is 0.887. The van der Waals surface area contributed by atoms with E-state index in [1.165, 1.54) is 16.3 Å². The van der Waals surface area contributed by atoms with E-state index < -0.39 is 0 Å². The number of nitrogens with zero attached hydrogens (tertiary/aromatic N) is 1. The first-order chi connectivity index (χ1) is 8.92. The van der Waals surface area contributed by atoms with Crippen molar-refractivity contribution in [1.82, 2.24) is 4.90 Å². The van der Waals surface area contributed by atoms with Crippen LogP contribution in [0.4, 0.5) is 0 Å². The molecule has 0 N–H and O–H groups in total. The number of hydrogen-bond acceptors (Lipinski definition) is 2. The van der Waals surface area contributed by atoms with E-state index in [4.69, 9.17) is 4.74 Å². The van der Waals surface area contributed by atoms with Gasteiger partial charge in [0.05, 0.1) is 13.2 Å². The summed E-state index contributed by atoms with van der Waals surface area (Å²) < 4.78 is 5.37. The van der Waals surface area contributed by atoms with Crippen molar-refractivity contribution < 1.29 is 4.74 Å². The molecule has 0 aromatic heterocycles. The van der Waals surface area contributed by atoms with Gasteiger partial charge in [-0.15, -0.1) is 0 Å². The third-order valence-electron chi connectivity index (χ3n) is 3.63. The average Bonchev–Trinajstić information content (AvgIpc) is 2.46. The van der Waals surface area contributed by atoms with Crippen LogP contribution in [0.2, 0.25) is 0 Å². The zero-order valence-corrected chi connectivity index (χ0v) is 10.6. The molecule has 0 amide bonds. The predicted molar refractivity (Wildman–Crippen MR) is 74.9 cm³/mol. The van der Waals surface area contributed by atoms with Gasteiger partial charge in [0.15, 0.2) is 0 Å². The quantitative estimate of drug-likeness (QED) is 0.819. The van der Waals surface area contributed by atoms with Crippen LogP contribution in [-0.4, -0.2) is 37.7 Å². The van der Waals surface area contributed by atoms with Gasteiger partial charge in [-0.2, -0.15) is 0 Å². The number of morpholine rings is 1. The van der Waals surface area contributed by atoms with Crippen LogP contribution in [0.25, 0.3) is 10.8 Å². The second-order valence-corrected chi connectivity index (χ2v) is 4.89. The maximum Gasteiger partial charge on any atom is 0.0594 e. The second kappa shape index (κ2) is 5.51. The molecule has 1 saturated heterocycles. The number of hydrogen-bond donors (Lipinski definition) is 0. The van der Waals surface area contributed by atoms with Crippen LogP contribution in [0.5, 0.6) is 0 Å². The van der Waals surface area contributed by atoms with Gasteiger partial charge >= 0.3 is 0 Å². The van der Waals surface area contributed by atoms with E-state index in [0.29, 0.717) is 0 Å². The summed E-state index contributed by atoms with van der Waals surface area (Å²) in [7, 11) is 0. The van der Waals surface area contributed by atoms with E-state index in [-0.39, 0.29) is 0 Å². The van der Waals surface area contributed by atoms with Crippen molar-refractivity contribution in [2.24, 2.45) is 0 Å². The molecule has 1 aliphatic heterocycles. The molecule has 18 heavy (non-hydrogen) atoms. The third-order valence-corrected chi connectivity index (χ3v) is 3.63. The van der Waals surface area contributed by atoms with Crippen molar-refractivity contribution in [2.75, 3.05) is 32.8 Å². The lowest BCUT2D eigenvalue weighted by Crippen LogP contribution is -2.37. The Morgan fingerprint density at radius 3 is 2.56 bits per heavy atom. The van der Waals surface area contributed by atoms with Crippen LogP contribution < -0.4 is 0 Å². The van der Waals surface area contributed by atoms with Crippen LogP contribution in [0.15, 0.2) is 42.5 Å². The molecule has 2 aromatic rings. The molecule has 0 spiro atoms. The minimum absolute atomic E-state index is 0.887. The molecule has 0 unspecified atom stereocenters. The van der Waals surface area contributed by atoms with E-state index in [1.54, 1.807) is 0 Å². The topological polar surface area (TPSA) is 12.5 Å². The molecule has 0 saturated carbocycles. The minimum Gasteiger partial charge on any atom is -0.379 e. The van der Waals surface area contributed by atoms with E-state index in [1.807, 2.05) is 0 Å². The van der Waals surface area contributed by atoms with Gasteiger partial charge in [0, 0.05) is 19.6 Å². The fraction of sp³-hybridized carbons (Fsp3) is 0.375. The first-order valence-corrected chi connectivity index (χ1v) is 6.69. The second-order valence-electron chi connectivity index (χ2n) is 4.89. The summed E-state index contributed by atoms with van der Waals surface area (Å²) in [6, 6.07) is 15.3. The predicted octanol–water partition coefficient (Wildman–Crippen LogP) is 2.71. The average molecular weight is 241 g/mol. The molecule has 94 valence electrons. The highest BCUT2D eigenvalue weighted by molar-refractivity contribution is 5.82. The summed E-state index contributed by atoms with van der Waals surface area (Å²) in [6.45, 7) is 5.07. The van der Waals surface area contributed by atoms with E-state index in [0.717, 1.165) is 39.3 Å². The van der Waals surface area contributed by atoms with Crippen molar-refractivity contribution in [3.05, 3.63) is 48.0 Å². The van der Waals surface area contributed by atoms with Gasteiger partial charge in [0.2, 0.25) is 0 Å². The Kier molecular flexibility index (Phi) is 3.58. The molecule has 2 aromatic carbocycles. The molecule has 1 aliphatic rings. The Balaban J connectivity index is 1.66. The lowest BCUT2D eigenvalue weighted by molar-refractivity contribution is 0.0384. The first-order valence-electron chi connectivity index (χ1n) is 6.69. The highest BCUT2D eigenvalue weighted by Crippen LogP contribution is 2.16. The van der Waals surface area contributed by atoms with Crippen molar-refractivity contribution in [2.45, 2.75) is 6.42 Å². The summed E-state index contributed by atoms with van der Waals surface area (Å²) in [5.74, 6) is 0. The smallest absolute Gasteiger partial charge is 0.0594 e. The molecular formula is C16H19NO. The molecule has 2 nitrogen and oxygen atoms in total. The molecule has 0 aliphatic carbocycles. The zero-order chi connectivity index (χ0) is 12.2. The van der Waals surface area contributed by atoms with Gasteiger partial charge in [-0.3, -0.25) is 4.90 Å². The fourth-order valence-corrected chi connectivity index (χ4v) is 2.51. The standard InChI is InChI=1S/C16H19NO/c1-2-4-16-13-14(5-6-15(16)3-1)7-8-17-9-11-18-12-10-17/h1-6,13H,7-12H2. The van der Waals surface area contributed by atoms with Gasteiger partial charge in [-0.1, -0.05) is 42.5 Å². The Morgan fingerprint density at radius 1 is 0.944 bits per heavy atom. The first kappa shape index (κ1) is 11.7. The summed E-state index contributed by atoms with van der Waals surface area (Å²) in [4.78, 5) is 2.48. The molecular weight excluding hydrogens is 222 g/mol. The van der Waals surface area contributed by atoms with Crippen molar-refractivity contribution >= 4 is 10.8 Å². The van der Waals surface area contributed by atoms with Gasteiger partial charge in [0.25, 0.3) is 0 Å². The lowest BCUT2D eigenvalue weighted by Gasteiger charge is -2.26. The fourth-order valence-electron chi connectivity index (χ4n) is 2.51. The third kappa shape index (κ3) is 2.71. The van der Waals surface area contributed by atoms with E-state index in [9.17, 15) is 0 Å². The van der Waals surface area contributed by atoms with Gasteiger partial charge < -0.3 is 4.74 Å². The van der Waals surface area contributed by atoms with E-state index in [2.05, 4.69) is 47.4 Å². The number of ether oxygens (including phenoxy) is 1. The highest BCUT2D eigenvalue weighted by atomic mass is 16.5. The lowest BCUT2D eigenvalue weighted by atomic mass is 10.0.